The highest BCUT2D eigenvalue weighted by Crippen LogP contribution is 2.24. The monoisotopic (exact) mass is 343 g/mol. The number of nitroso groups, excluding NO2 is 1. The van der Waals surface area contributed by atoms with Crippen LogP contribution in [0.1, 0.15) is 52.3 Å². The second kappa shape index (κ2) is 9.89. The van der Waals surface area contributed by atoms with Crippen molar-refractivity contribution in [2.24, 2.45) is 15.6 Å². The maximum absolute atomic E-state index is 10.5. The molecule has 5 nitrogen and oxygen atoms in total. The van der Waals surface area contributed by atoms with Gasteiger partial charge < -0.3 is 10.4 Å². The standard InChI is InChI=1S/C20H29N3O2/c1-6-17(13-15(14-21-5)11-12-20(2,3)4)22-19(24)16-7-9-18(23-25)10-8-16/h6-10,13-14,19,22,24H,11-12H2,1-5H3/b15-13-,17-6+,21-14?. The molecule has 1 rings (SSSR count). The highest BCUT2D eigenvalue weighted by atomic mass is 16.3. The zero-order valence-electron chi connectivity index (χ0n) is 15.8. The Kier molecular flexibility index (Phi) is 8.22. The number of hydrogen-bond acceptors (Lipinski definition) is 5. The van der Waals surface area contributed by atoms with E-state index in [1.165, 1.54) is 0 Å². The lowest BCUT2D eigenvalue weighted by molar-refractivity contribution is 0.153. The van der Waals surface area contributed by atoms with Crippen molar-refractivity contribution in [3.63, 3.8) is 0 Å². The van der Waals surface area contributed by atoms with Crippen LogP contribution in [0.25, 0.3) is 0 Å². The summed E-state index contributed by atoms with van der Waals surface area (Å²) < 4.78 is 0. The number of hydrogen-bond donors (Lipinski definition) is 2. The van der Waals surface area contributed by atoms with Gasteiger partial charge in [-0.05, 0) is 54.1 Å². The molecule has 1 atom stereocenters. The third-order valence-corrected chi connectivity index (χ3v) is 3.73. The number of allylic oxidation sites excluding steroid dienone is 3. The summed E-state index contributed by atoms with van der Waals surface area (Å²) in [6, 6.07) is 6.52. The van der Waals surface area contributed by atoms with E-state index >= 15 is 0 Å². The fourth-order valence-corrected chi connectivity index (χ4v) is 2.23. The predicted molar refractivity (Wildman–Crippen MR) is 105 cm³/mol. The first-order chi connectivity index (χ1) is 11.8. The van der Waals surface area contributed by atoms with Gasteiger partial charge in [-0.3, -0.25) is 4.99 Å². The largest absolute Gasteiger partial charge is 0.369 e. The van der Waals surface area contributed by atoms with Gasteiger partial charge in [0.25, 0.3) is 0 Å². The van der Waals surface area contributed by atoms with Crippen molar-refractivity contribution < 1.29 is 5.11 Å². The quantitative estimate of drug-likeness (QED) is 0.301. The SMILES string of the molecule is C/C=C(\C=C(/C=NC)CCC(C)(C)C)NC(O)c1ccc(N=O)cc1. The Labute approximate surface area is 150 Å². The Balaban J connectivity index is 2.85. The molecule has 25 heavy (non-hydrogen) atoms. The Bertz CT molecular complexity index is 638. The zero-order chi connectivity index (χ0) is 18.9. The zero-order valence-corrected chi connectivity index (χ0v) is 15.8. The van der Waals surface area contributed by atoms with Crippen molar-refractivity contribution >= 4 is 11.9 Å². The predicted octanol–water partition coefficient (Wildman–Crippen LogP) is 5.02. The second-order valence-electron chi connectivity index (χ2n) is 7.14. The van der Waals surface area contributed by atoms with E-state index in [4.69, 9.17) is 0 Å². The molecule has 0 radical (unpaired) electrons. The van der Waals surface area contributed by atoms with Crippen molar-refractivity contribution in [3.8, 4) is 0 Å². The van der Waals surface area contributed by atoms with Gasteiger partial charge in [0, 0.05) is 24.5 Å². The van der Waals surface area contributed by atoms with Crippen molar-refractivity contribution in [2.75, 3.05) is 7.05 Å². The number of aliphatic hydroxyl groups is 1. The van der Waals surface area contributed by atoms with E-state index in [2.05, 4.69) is 36.3 Å². The molecule has 0 spiro atoms. The second-order valence-corrected chi connectivity index (χ2v) is 7.14. The smallest absolute Gasteiger partial charge is 0.150 e. The summed E-state index contributed by atoms with van der Waals surface area (Å²) in [6.45, 7) is 8.55. The van der Waals surface area contributed by atoms with Crippen LogP contribution in [-0.2, 0) is 0 Å². The van der Waals surface area contributed by atoms with Crippen molar-refractivity contribution in [1.82, 2.24) is 5.32 Å². The van der Waals surface area contributed by atoms with E-state index in [1.807, 2.05) is 25.3 Å². The molecule has 5 heteroatoms. The normalized spacial score (nSPS) is 14.6. The van der Waals surface area contributed by atoms with Gasteiger partial charge in [0.15, 0.2) is 6.23 Å². The number of aliphatic imine (C=N–C) groups is 1. The van der Waals surface area contributed by atoms with Crippen molar-refractivity contribution in [2.45, 2.75) is 46.8 Å². The summed E-state index contributed by atoms with van der Waals surface area (Å²) >= 11 is 0. The molecular weight excluding hydrogens is 314 g/mol. The van der Waals surface area contributed by atoms with E-state index in [1.54, 1.807) is 31.3 Å². The van der Waals surface area contributed by atoms with Gasteiger partial charge >= 0.3 is 0 Å². The fraction of sp³-hybridized carbons (Fsp3) is 0.450. The minimum atomic E-state index is -0.870. The van der Waals surface area contributed by atoms with Crippen LogP contribution < -0.4 is 5.32 Å². The molecule has 0 aliphatic carbocycles. The average Bonchev–Trinajstić information content (AvgIpc) is 2.58. The van der Waals surface area contributed by atoms with Crippen LogP contribution in [-0.4, -0.2) is 18.4 Å². The summed E-state index contributed by atoms with van der Waals surface area (Å²) in [5.41, 5.74) is 3.17. The summed E-state index contributed by atoms with van der Waals surface area (Å²) in [5.74, 6) is 0. The lowest BCUT2D eigenvalue weighted by Crippen LogP contribution is -2.19. The molecule has 0 aliphatic rings. The van der Waals surface area contributed by atoms with Crippen LogP contribution in [0.2, 0.25) is 0 Å². The number of nitrogens with one attached hydrogen (secondary N) is 1. The van der Waals surface area contributed by atoms with E-state index < -0.39 is 6.23 Å². The lowest BCUT2D eigenvalue weighted by Gasteiger charge is -2.19. The van der Waals surface area contributed by atoms with Crippen LogP contribution >= 0.6 is 0 Å². The lowest BCUT2D eigenvalue weighted by atomic mass is 9.88. The number of aliphatic hydroxyl groups excluding tert-OH is 1. The maximum atomic E-state index is 10.5. The minimum absolute atomic E-state index is 0.248. The van der Waals surface area contributed by atoms with Gasteiger partial charge in [-0.1, -0.05) is 39.0 Å². The van der Waals surface area contributed by atoms with Crippen LogP contribution in [0.5, 0.6) is 0 Å². The molecule has 136 valence electrons. The molecule has 0 amide bonds. The summed E-state index contributed by atoms with van der Waals surface area (Å²) in [5, 5.41) is 16.3. The number of nitrogens with zero attached hydrogens (tertiary/aromatic N) is 2. The average molecular weight is 343 g/mol. The highest BCUT2D eigenvalue weighted by molar-refractivity contribution is 5.79. The van der Waals surface area contributed by atoms with Crippen molar-refractivity contribution in [1.29, 1.82) is 0 Å². The first-order valence-corrected chi connectivity index (χ1v) is 8.46. The first kappa shape index (κ1) is 20.8. The third-order valence-electron chi connectivity index (χ3n) is 3.73. The molecule has 2 N–H and O–H groups in total. The fourth-order valence-electron chi connectivity index (χ4n) is 2.23. The number of benzene rings is 1. The van der Waals surface area contributed by atoms with Crippen LogP contribution in [0.4, 0.5) is 5.69 Å². The highest BCUT2D eigenvalue weighted by Gasteiger charge is 2.12. The van der Waals surface area contributed by atoms with Gasteiger partial charge in [0.1, 0.15) is 5.69 Å². The van der Waals surface area contributed by atoms with E-state index in [0.717, 1.165) is 24.1 Å². The molecule has 0 saturated carbocycles. The molecule has 1 unspecified atom stereocenters. The summed E-state index contributed by atoms with van der Waals surface area (Å²) in [7, 11) is 1.76. The van der Waals surface area contributed by atoms with Gasteiger partial charge in [-0.15, -0.1) is 4.91 Å². The molecule has 0 aromatic heterocycles. The Hall–Kier alpha value is -2.27. The Morgan fingerprint density at radius 1 is 1.28 bits per heavy atom. The van der Waals surface area contributed by atoms with Gasteiger partial charge in [0.05, 0.1) is 0 Å². The molecule has 1 aromatic rings. The summed E-state index contributed by atoms with van der Waals surface area (Å²) in [6.07, 6.45) is 6.85. The molecular formula is C20H29N3O2. The maximum Gasteiger partial charge on any atom is 0.150 e. The molecule has 0 aliphatic heterocycles. The minimum Gasteiger partial charge on any atom is -0.369 e. The number of rotatable bonds is 8. The first-order valence-electron chi connectivity index (χ1n) is 8.46. The molecule has 0 fully saturated rings. The molecule has 0 heterocycles. The Morgan fingerprint density at radius 3 is 2.40 bits per heavy atom. The topological polar surface area (TPSA) is 74.1 Å². The molecule has 1 aromatic carbocycles. The van der Waals surface area contributed by atoms with E-state index in [0.29, 0.717) is 11.3 Å². The Morgan fingerprint density at radius 2 is 1.92 bits per heavy atom. The van der Waals surface area contributed by atoms with Crippen LogP contribution in [0.3, 0.4) is 0 Å². The summed E-state index contributed by atoms with van der Waals surface area (Å²) in [4.78, 5) is 14.6. The van der Waals surface area contributed by atoms with Gasteiger partial charge in [0.2, 0.25) is 0 Å². The van der Waals surface area contributed by atoms with Gasteiger partial charge in [-0.25, -0.2) is 0 Å². The van der Waals surface area contributed by atoms with E-state index in [-0.39, 0.29) is 5.41 Å². The molecule has 0 saturated heterocycles. The van der Waals surface area contributed by atoms with Crippen molar-refractivity contribution in [3.05, 3.63) is 58.2 Å². The third kappa shape index (κ3) is 7.90. The molecule has 0 bridgehead atoms. The van der Waals surface area contributed by atoms with Gasteiger partial charge in [-0.2, -0.15) is 0 Å². The van der Waals surface area contributed by atoms with Crippen LogP contribution in [0, 0.1) is 10.3 Å². The van der Waals surface area contributed by atoms with Crippen LogP contribution in [0.15, 0.2) is 57.9 Å². The van der Waals surface area contributed by atoms with E-state index in [9.17, 15) is 10.0 Å².